The summed E-state index contributed by atoms with van der Waals surface area (Å²) in [5.74, 6) is 0.846. The topological polar surface area (TPSA) is 48.0 Å². The Morgan fingerprint density at radius 3 is 2.52 bits per heavy atom. The molecule has 2 atom stereocenters. The van der Waals surface area contributed by atoms with E-state index in [0.717, 1.165) is 47.0 Å². The van der Waals surface area contributed by atoms with Gasteiger partial charge in [-0.3, -0.25) is 9.63 Å². The van der Waals surface area contributed by atoms with Gasteiger partial charge < -0.3 is 9.47 Å². The van der Waals surface area contributed by atoms with Crippen LogP contribution in [0, 0.1) is 5.92 Å². The van der Waals surface area contributed by atoms with E-state index in [0.29, 0.717) is 6.61 Å². The summed E-state index contributed by atoms with van der Waals surface area (Å²) >= 11 is 3.64. The molecule has 168 valence electrons. The summed E-state index contributed by atoms with van der Waals surface area (Å²) in [7, 11) is 3.14. The maximum absolute atomic E-state index is 13.0. The number of rotatable bonds is 9. The Bertz CT molecular complexity index is 839. The third kappa shape index (κ3) is 6.55. The lowest BCUT2D eigenvalue weighted by molar-refractivity contribution is -0.188. The molecule has 0 spiro atoms. The quantitative estimate of drug-likeness (QED) is 0.400. The van der Waals surface area contributed by atoms with Crippen LogP contribution in [0.3, 0.4) is 0 Å². The molecule has 3 rings (SSSR count). The summed E-state index contributed by atoms with van der Waals surface area (Å²) in [6, 6.07) is 16.0. The monoisotopic (exact) mass is 489 g/mol. The van der Waals surface area contributed by atoms with Crippen LogP contribution in [0.1, 0.15) is 56.3 Å². The Balaban J connectivity index is 1.74. The largest absolute Gasteiger partial charge is 0.489 e. The number of hydroxylamine groups is 2. The number of hydrogen-bond donors (Lipinski definition) is 0. The van der Waals surface area contributed by atoms with E-state index >= 15 is 0 Å². The minimum absolute atomic E-state index is 0.131. The van der Waals surface area contributed by atoms with Gasteiger partial charge in [-0.2, -0.15) is 0 Å². The van der Waals surface area contributed by atoms with Crippen LogP contribution in [-0.4, -0.2) is 31.2 Å². The Hall–Kier alpha value is -1.89. The molecule has 0 aliphatic heterocycles. The molecule has 6 heteroatoms. The third-order valence-corrected chi connectivity index (χ3v) is 6.63. The maximum atomic E-state index is 13.0. The Morgan fingerprint density at radius 1 is 1.13 bits per heavy atom. The highest BCUT2D eigenvalue weighted by molar-refractivity contribution is 9.10. The molecule has 31 heavy (non-hydrogen) atoms. The van der Waals surface area contributed by atoms with Gasteiger partial charge in [-0.1, -0.05) is 65.5 Å². The Kier molecular flexibility index (Phi) is 8.93. The van der Waals surface area contributed by atoms with Gasteiger partial charge in [0.2, 0.25) is 0 Å². The number of amides is 1. The first kappa shape index (κ1) is 23.8. The molecule has 0 saturated heterocycles. The molecule has 2 aromatic rings. The van der Waals surface area contributed by atoms with E-state index in [1.54, 1.807) is 7.05 Å². The number of carbonyl (C=O) groups is 1. The predicted molar refractivity (Wildman–Crippen MR) is 125 cm³/mol. The highest BCUT2D eigenvalue weighted by Gasteiger charge is 2.34. The fraction of sp³-hybridized carbons (Fsp3) is 0.480. The zero-order valence-electron chi connectivity index (χ0n) is 18.6. The average Bonchev–Trinajstić information content (AvgIpc) is 2.82. The molecule has 1 amide bonds. The number of likely N-dealkylation sites (N-methyl/N-ethyl adjacent to an activating group) is 1. The molecule has 1 aliphatic rings. The minimum Gasteiger partial charge on any atom is -0.489 e. The van der Waals surface area contributed by atoms with Crippen molar-refractivity contribution >= 4 is 21.8 Å². The van der Waals surface area contributed by atoms with E-state index in [-0.39, 0.29) is 17.9 Å². The van der Waals surface area contributed by atoms with E-state index in [1.807, 2.05) is 55.5 Å². The first-order valence-electron chi connectivity index (χ1n) is 10.9. The van der Waals surface area contributed by atoms with Gasteiger partial charge >= 0.3 is 0 Å². The van der Waals surface area contributed by atoms with E-state index in [9.17, 15) is 4.79 Å². The second kappa shape index (κ2) is 11.7. The van der Waals surface area contributed by atoms with Crippen LogP contribution in [0.2, 0.25) is 0 Å². The van der Waals surface area contributed by atoms with E-state index in [2.05, 4.69) is 15.9 Å². The van der Waals surface area contributed by atoms with Crippen LogP contribution < -0.4 is 4.74 Å². The Morgan fingerprint density at radius 2 is 1.84 bits per heavy atom. The average molecular weight is 490 g/mol. The van der Waals surface area contributed by atoms with Gasteiger partial charge in [0.15, 0.2) is 0 Å². The lowest BCUT2D eigenvalue weighted by Crippen LogP contribution is -2.43. The van der Waals surface area contributed by atoms with Crippen molar-refractivity contribution in [3.8, 4) is 5.75 Å². The number of ether oxygens (including phenoxy) is 2. The van der Waals surface area contributed by atoms with Crippen molar-refractivity contribution in [3.05, 3.63) is 64.1 Å². The first-order chi connectivity index (χ1) is 15.0. The molecule has 0 aromatic heterocycles. The highest BCUT2D eigenvalue weighted by Crippen LogP contribution is 2.35. The van der Waals surface area contributed by atoms with Crippen molar-refractivity contribution in [2.45, 2.75) is 57.8 Å². The van der Waals surface area contributed by atoms with Crippen molar-refractivity contribution < 1.29 is 19.1 Å². The molecule has 1 fully saturated rings. The summed E-state index contributed by atoms with van der Waals surface area (Å²) in [6.07, 6.45) is 4.69. The minimum atomic E-state index is -0.527. The van der Waals surface area contributed by atoms with E-state index in [4.69, 9.17) is 14.3 Å². The third-order valence-electron chi connectivity index (χ3n) is 5.91. The number of hydrogen-bond acceptors (Lipinski definition) is 4. The lowest BCUT2D eigenvalue weighted by Gasteiger charge is -2.33. The number of nitrogens with zero attached hydrogens (tertiary/aromatic N) is 1. The standard InChI is InChI=1S/C25H32BrNO4/c1-18(31-24(25(28)27(2)29-3)20-12-8-5-9-13-20)22-16-21(14-15-23(22)26)30-17-19-10-6-4-7-11-19/h4,6-7,10-11,14-16,18,20,24H,5,8-9,12-13,17H2,1-3H3. The van der Waals surface area contributed by atoms with Gasteiger partial charge in [-0.25, -0.2) is 5.06 Å². The van der Waals surface area contributed by atoms with Gasteiger partial charge in [0.25, 0.3) is 5.91 Å². The SMILES string of the molecule is CON(C)C(=O)C(OC(C)c1cc(OCc2ccccc2)ccc1Br)C1CCCCC1. The van der Waals surface area contributed by atoms with Crippen LogP contribution in [0.4, 0.5) is 0 Å². The van der Waals surface area contributed by atoms with Crippen molar-refractivity contribution in [3.63, 3.8) is 0 Å². The van der Waals surface area contributed by atoms with Crippen LogP contribution in [-0.2, 0) is 21.0 Å². The second-order valence-corrected chi connectivity index (χ2v) is 8.93. The molecule has 2 aromatic carbocycles. The molecule has 0 heterocycles. The summed E-state index contributed by atoms with van der Waals surface area (Å²) in [5, 5.41) is 1.28. The summed E-state index contributed by atoms with van der Waals surface area (Å²) in [6.45, 7) is 2.48. The first-order valence-corrected chi connectivity index (χ1v) is 11.7. The normalized spacial score (nSPS) is 16.5. The molecule has 0 radical (unpaired) electrons. The van der Waals surface area contributed by atoms with Crippen molar-refractivity contribution in [2.75, 3.05) is 14.2 Å². The zero-order valence-corrected chi connectivity index (χ0v) is 20.1. The number of carbonyl (C=O) groups excluding carboxylic acids is 1. The van der Waals surface area contributed by atoms with Gasteiger partial charge in [0, 0.05) is 11.5 Å². The highest BCUT2D eigenvalue weighted by atomic mass is 79.9. The van der Waals surface area contributed by atoms with Crippen LogP contribution >= 0.6 is 15.9 Å². The lowest BCUT2D eigenvalue weighted by atomic mass is 9.84. The molecule has 0 bridgehead atoms. The smallest absolute Gasteiger partial charge is 0.275 e. The zero-order chi connectivity index (χ0) is 22.2. The molecule has 1 saturated carbocycles. The fourth-order valence-electron chi connectivity index (χ4n) is 4.03. The molecular formula is C25H32BrNO4. The molecule has 0 N–H and O–H groups in total. The van der Waals surface area contributed by atoms with Crippen LogP contribution in [0.15, 0.2) is 53.0 Å². The summed E-state index contributed by atoms with van der Waals surface area (Å²) in [5.41, 5.74) is 2.07. The Labute approximate surface area is 193 Å². The van der Waals surface area contributed by atoms with Crippen LogP contribution in [0.25, 0.3) is 0 Å². The fourth-order valence-corrected chi connectivity index (χ4v) is 4.60. The maximum Gasteiger partial charge on any atom is 0.275 e. The molecular weight excluding hydrogens is 458 g/mol. The van der Waals surface area contributed by atoms with E-state index in [1.165, 1.54) is 18.6 Å². The molecule has 5 nitrogen and oxygen atoms in total. The summed E-state index contributed by atoms with van der Waals surface area (Å²) < 4.78 is 13.3. The van der Waals surface area contributed by atoms with E-state index < -0.39 is 6.10 Å². The van der Waals surface area contributed by atoms with Crippen molar-refractivity contribution in [1.82, 2.24) is 5.06 Å². The van der Waals surface area contributed by atoms with Crippen molar-refractivity contribution in [1.29, 1.82) is 0 Å². The molecule has 1 aliphatic carbocycles. The predicted octanol–water partition coefficient (Wildman–Crippen LogP) is 6.07. The van der Waals surface area contributed by atoms with Crippen molar-refractivity contribution in [2.24, 2.45) is 5.92 Å². The number of benzene rings is 2. The van der Waals surface area contributed by atoms with Gasteiger partial charge in [0.05, 0.1) is 13.2 Å². The van der Waals surface area contributed by atoms with Gasteiger partial charge in [-0.05, 0) is 55.0 Å². The van der Waals surface area contributed by atoms with Gasteiger partial charge in [0.1, 0.15) is 18.5 Å². The second-order valence-electron chi connectivity index (χ2n) is 8.07. The van der Waals surface area contributed by atoms with Gasteiger partial charge in [-0.15, -0.1) is 0 Å². The number of halogens is 1. The van der Waals surface area contributed by atoms with Crippen LogP contribution in [0.5, 0.6) is 5.75 Å². The summed E-state index contributed by atoms with van der Waals surface area (Å²) in [4.78, 5) is 18.2. The molecule has 2 unspecified atom stereocenters.